The van der Waals surface area contributed by atoms with E-state index in [9.17, 15) is 24.3 Å². The summed E-state index contributed by atoms with van der Waals surface area (Å²) in [5.74, 6) is -4.01. The van der Waals surface area contributed by atoms with Crippen molar-refractivity contribution >= 4 is 36.3 Å². The van der Waals surface area contributed by atoms with Crippen LogP contribution in [0, 0.1) is 0 Å². The zero-order valence-corrected chi connectivity index (χ0v) is 13.8. The Morgan fingerprint density at radius 2 is 1.75 bits per heavy atom. The summed E-state index contributed by atoms with van der Waals surface area (Å²) >= 11 is 3.78. The Labute approximate surface area is 143 Å². The van der Waals surface area contributed by atoms with Crippen LogP contribution in [-0.2, 0) is 19.2 Å². The highest BCUT2D eigenvalue weighted by atomic mass is 32.1. The Balaban J connectivity index is 4.67. The second-order valence-electron chi connectivity index (χ2n) is 4.87. The molecule has 0 radical (unpaired) electrons. The topological polar surface area (TPSA) is 191 Å². The third-order valence-electron chi connectivity index (χ3n) is 2.84. The molecule has 0 fully saturated rings. The molecule has 3 amide bonds. The first-order valence-electron chi connectivity index (χ1n) is 6.89. The minimum absolute atomic E-state index is 0.184. The molecule has 0 bridgehead atoms. The summed E-state index contributed by atoms with van der Waals surface area (Å²) in [6.45, 7) is 0.0751. The molecular formula is C12H22N4O7S. The lowest BCUT2D eigenvalue weighted by atomic mass is 10.1. The predicted octanol–water partition coefficient (Wildman–Crippen LogP) is -4.21. The number of nitrogens with one attached hydrogen (secondary N) is 3. The van der Waals surface area contributed by atoms with Crippen molar-refractivity contribution in [1.29, 1.82) is 0 Å². The van der Waals surface area contributed by atoms with Gasteiger partial charge in [0, 0.05) is 5.75 Å². The van der Waals surface area contributed by atoms with Crippen molar-refractivity contribution in [2.75, 3.05) is 18.9 Å². The van der Waals surface area contributed by atoms with Crippen LogP contribution in [0.1, 0.15) is 6.92 Å². The standard InChI is InChI=1S/C12H22N4O7S/c1-5(18)9(11(21)15-7(4-24)12(22)23)16-8(19)2-14-10(20)6(13)3-17/h5-7,9,17-18,24H,2-4,13H2,1H3,(H,14,20)(H,15,21)(H,16,19)(H,22,23). The van der Waals surface area contributed by atoms with Crippen molar-refractivity contribution < 1.29 is 34.5 Å². The molecule has 0 rings (SSSR count). The summed E-state index contributed by atoms with van der Waals surface area (Å²) in [5.41, 5.74) is 5.24. The van der Waals surface area contributed by atoms with E-state index in [1.807, 2.05) is 0 Å². The highest BCUT2D eigenvalue weighted by molar-refractivity contribution is 7.80. The molecule has 0 heterocycles. The Morgan fingerprint density at radius 3 is 2.17 bits per heavy atom. The van der Waals surface area contributed by atoms with Crippen molar-refractivity contribution in [3.8, 4) is 0 Å². The molecule has 8 N–H and O–H groups in total. The number of carbonyl (C=O) groups excluding carboxylic acids is 3. The molecule has 0 aliphatic heterocycles. The number of aliphatic carboxylic acids is 1. The van der Waals surface area contributed by atoms with Gasteiger partial charge in [-0.2, -0.15) is 12.6 Å². The van der Waals surface area contributed by atoms with Gasteiger partial charge in [-0.05, 0) is 6.92 Å². The van der Waals surface area contributed by atoms with Gasteiger partial charge < -0.3 is 37.0 Å². The Morgan fingerprint density at radius 1 is 1.17 bits per heavy atom. The fourth-order valence-electron chi connectivity index (χ4n) is 1.46. The second-order valence-corrected chi connectivity index (χ2v) is 5.24. The number of rotatable bonds is 10. The summed E-state index contributed by atoms with van der Waals surface area (Å²) in [7, 11) is 0. The van der Waals surface area contributed by atoms with Crippen LogP contribution in [0.4, 0.5) is 0 Å². The van der Waals surface area contributed by atoms with Crippen molar-refractivity contribution in [2.24, 2.45) is 5.73 Å². The average molecular weight is 366 g/mol. The van der Waals surface area contributed by atoms with Crippen LogP contribution in [0.15, 0.2) is 0 Å². The molecule has 0 aliphatic carbocycles. The number of carboxylic acid groups (broad SMARTS) is 1. The molecule has 4 atom stereocenters. The van der Waals surface area contributed by atoms with Gasteiger partial charge in [-0.1, -0.05) is 0 Å². The first-order valence-corrected chi connectivity index (χ1v) is 7.52. The van der Waals surface area contributed by atoms with Gasteiger partial charge in [0.25, 0.3) is 0 Å². The molecule has 138 valence electrons. The molecule has 24 heavy (non-hydrogen) atoms. The maximum Gasteiger partial charge on any atom is 0.327 e. The lowest BCUT2D eigenvalue weighted by molar-refractivity contribution is -0.142. The van der Waals surface area contributed by atoms with Gasteiger partial charge in [-0.15, -0.1) is 0 Å². The molecule has 0 aromatic heterocycles. The molecule has 11 nitrogen and oxygen atoms in total. The minimum Gasteiger partial charge on any atom is -0.480 e. The number of aliphatic hydroxyl groups is 2. The Bertz CT molecular complexity index is 474. The Kier molecular flexibility index (Phi) is 9.95. The number of carboxylic acids is 1. The summed E-state index contributed by atoms with van der Waals surface area (Å²) in [6.07, 6.45) is -1.32. The molecule has 0 saturated heterocycles. The van der Waals surface area contributed by atoms with Crippen molar-refractivity contribution in [3.05, 3.63) is 0 Å². The van der Waals surface area contributed by atoms with Crippen LogP contribution < -0.4 is 21.7 Å². The van der Waals surface area contributed by atoms with Gasteiger partial charge in [0.05, 0.1) is 19.3 Å². The first kappa shape index (κ1) is 22.1. The van der Waals surface area contributed by atoms with Gasteiger partial charge in [-0.25, -0.2) is 4.79 Å². The van der Waals surface area contributed by atoms with Crippen LogP contribution in [0.25, 0.3) is 0 Å². The maximum absolute atomic E-state index is 12.0. The van der Waals surface area contributed by atoms with Crippen LogP contribution in [-0.4, -0.2) is 82.1 Å². The van der Waals surface area contributed by atoms with E-state index < -0.39 is 61.1 Å². The van der Waals surface area contributed by atoms with Crippen molar-refractivity contribution in [2.45, 2.75) is 31.2 Å². The van der Waals surface area contributed by atoms with Gasteiger partial charge in [-0.3, -0.25) is 14.4 Å². The fourth-order valence-corrected chi connectivity index (χ4v) is 1.71. The van der Waals surface area contributed by atoms with Gasteiger partial charge in [0.15, 0.2) is 0 Å². The lowest BCUT2D eigenvalue weighted by Gasteiger charge is -2.23. The van der Waals surface area contributed by atoms with E-state index >= 15 is 0 Å². The van der Waals surface area contributed by atoms with Crippen LogP contribution in [0.2, 0.25) is 0 Å². The molecule has 0 aromatic carbocycles. The van der Waals surface area contributed by atoms with E-state index in [-0.39, 0.29) is 5.75 Å². The minimum atomic E-state index is -1.43. The first-order chi connectivity index (χ1) is 11.1. The van der Waals surface area contributed by atoms with Crippen molar-refractivity contribution in [1.82, 2.24) is 16.0 Å². The number of carbonyl (C=O) groups is 4. The van der Waals surface area contributed by atoms with E-state index in [0.29, 0.717) is 0 Å². The SMILES string of the molecule is CC(O)C(NC(=O)CNC(=O)C(N)CO)C(=O)NC(CS)C(=O)O. The van der Waals surface area contributed by atoms with E-state index in [4.69, 9.17) is 15.9 Å². The van der Waals surface area contributed by atoms with Gasteiger partial charge in [0.1, 0.15) is 18.1 Å². The second kappa shape index (κ2) is 10.8. The highest BCUT2D eigenvalue weighted by Crippen LogP contribution is 1.97. The number of amides is 3. The predicted molar refractivity (Wildman–Crippen MR) is 85.1 cm³/mol. The quantitative estimate of drug-likeness (QED) is 0.178. The number of aliphatic hydroxyl groups excluding tert-OH is 2. The van der Waals surface area contributed by atoms with E-state index in [0.717, 1.165) is 0 Å². The third kappa shape index (κ3) is 7.59. The average Bonchev–Trinajstić information content (AvgIpc) is 2.53. The summed E-state index contributed by atoms with van der Waals surface area (Å²) in [5, 5.41) is 33.5. The summed E-state index contributed by atoms with van der Waals surface area (Å²) < 4.78 is 0. The maximum atomic E-state index is 12.0. The van der Waals surface area contributed by atoms with E-state index in [1.165, 1.54) is 6.92 Å². The monoisotopic (exact) mass is 366 g/mol. The van der Waals surface area contributed by atoms with Gasteiger partial charge >= 0.3 is 5.97 Å². The third-order valence-corrected chi connectivity index (χ3v) is 3.20. The number of hydrogen-bond donors (Lipinski definition) is 8. The Hall–Kier alpha value is -1.89. The van der Waals surface area contributed by atoms with Crippen molar-refractivity contribution in [3.63, 3.8) is 0 Å². The van der Waals surface area contributed by atoms with Crippen LogP contribution in [0.5, 0.6) is 0 Å². The highest BCUT2D eigenvalue weighted by Gasteiger charge is 2.29. The summed E-state index contributed by atoms with van der Waals surface area (Å²) in [4.78, 5) is 45.8. The fraction of sp³-hybridized carbons (Fsp3) is 0.667. The molecule has 0 aliphatic rings. The largest absolute Gasteiger partial charge is 0.480 e. The van der Waals surface area contributed by atoms with Gasteiger partial charge in [0.2, 0.25) is 17.7 Å². The molecule has 0 spiro atoms. The van der Waals surface area contributed by atoms with Crippen LogP contribution in [0.3, 0.4) is 0 Å². The zero-order chi connectivity index (χ0) is 18.9. The summed E-state index contributed by atoms with van der Waals surface area (Å²) in [6, 6.07) is -3.91. The smallest absolute Gasteiger partial charge is 0.327 e. The molecule has 0 saturated carbocycles. The molecule has 0 aromatic rings. The lowest BCUT2D eigenvalue weighted by Crippen LogP contribution is -2.57. The van der Waals surface area contributed by atoms with E-state index in [2.05, 4.69) is 28.6 Å². The normalized spacial score (nSPS) is 15.5. The number of hydrogen-bond acceptors (Lipinski definition) is 8. The zero-order valence-electron chi connectivity index (χ0n) is 12.9. The number of nitrogens with two attached hydrogens (primary N) is 1. The molecular weight excluding hydrogens is 344 g/mol. The van der Waals surface area contributed by atoms with E-state index in [1.54, 1.807) is 0 Å². The molecule has 12 heteroatoms. The van der Waals surface area contributed by atoms with Crippen LogP contribution >= 0.6 is 12.6 Å². The molecule has 4 unspecified atom stereocenters. The number of thiol groups is 1.